The van der Waals surface area contributed by atoms with Crippen LogP contribution in [0.25, 0.3) is 0 Å². The second-order valence-electron chi connectivity index (χ2n) is 7.73. The number of anilines is 2. The number of aryl methyl sites for hydroxylation is 2. The van der Waals surface area contributed by atoms with Crippen LogP contribution in [-0.2, 0) is 30.7 Å². The number of nitriles is 1. The second kappa shape index (κ2) is 10.2. The molecule has 4 rings (SSSR count). The minimum absolute atomic E-state index is 0.130. The molecule has 0 saturated carbocycles. The van der Waals surface area contributed by atoms with Gasteiger partial charge in [-0.15, -0.1) is 21.5 Å². The van der Waals surface area contributed by atoms with Crippen molar-refractivity contribution in [3.63, 3.8) is 0 Å². The number of thioether (sulfide) groups is 1. The van der Waals surface area contributed by atoms with E-state index in [9.17, 15) is 10.1 Å². The van der Waals surface area contributed by atoms with Crippen LogP contribution < -0.4 is 10.6 Å². The lowest BCUT2D eigenvalue weighted by atomic mass is 9.96. The maximum absolute atomic E-state index is 12.6. The number of nitrogens with one attached hydrogen (secondary N) is 2. The van der Waals surface area contributed by atoms with Gasteiger partial charge >= 0.3 is 0 Å². The van der Waals surface area contributed by atoms with Crippen LogP contribution in [0.1, 0.15) is 47.2 Å². The van der Waals surface area contributed by atoms with Crippen molar-refractivity contribution in [3.8, 4) is 6.07 Å². The summed E-state index contributed by atoms with van der Waals surface area (Å²) in [5.41, 5.74) is 4.02. The Bertz CT molecular complexity index is 1140. The first-order valence-electron chi connectivity index (χ1n) is 10.8. The average Bonchev–Trinajstić information content (AvgIpc) is 3.36. The Labute approximate surface area is 196 Å². The number of hydrogen-bond donors (Lipinski definition) is 2. The average molecular weight is 467 g/mol. The monoisotopic (exact) mass is 466 g/mol. The summed E-state index contributed by atoms with van der Waals surface area (Å²) in [6.07, 6.45) is 4.18. The number of benzene rings is 1. The van der Waals surface area contributed by atoms with Gasteiger partial charge in [-0.25, -0.2) is 0 Å². The number of aromatic nitrogens is 3. The van der Waals surface area contributed by atoms with E-state index in [-0.39, 0.29) is 11.7 Å². The van der Waals surface area contributed by atoms with E-state index in [0.717, 1.165) is 49.3 Å². The van der Waals surface area contributed by atoms with E-state index in [0.29, 0.717) is 22.3 Å². The summed E-state index contributed by atoms with van der Waals surface area (Å²) in [4.78, 5) is 13.8. The van der Waals surface area contributed by atoms with Crippen molar-refractivity contribution in [3.05, 3.63) is 51.7 Å². The molecule has 2 heterocycles. The first kappa shape index (κ1) is 22.4. The van der Waals surface area contributed by atoms with E-state index < -0.39 is 0 Å². The van der Waals surface area contributed by atoms with E-state index in [4.69, 9.17) is 0 Å². The number of amides is 1. The van der Waals surface area contributed by atoms with Gasteiger partial charge in [-0.05, 0) is 57.2 Å². The fourth-order valence-electron chi connectivity index (χ4n) is 3.79. The molecule has 9 heteroatoms. The molecule has 2 N–H and O–H groups in total. The highest BCUT2D eigenvalue weighted by Gasteiger charge is 2.22. The molecule has 2 aromatic heterocycles. The van der Waals surface area contributed by atoms with Crippen molar-refractivity contribution in [1.82, 2.24) is 14.8 Å². The van der Waals surface area contributed by atoms with Gasteiger partial charge in [0.1, 0.15) is 11.1 Å². The van der Waals surface area contributed by atoms with Crippen molar-refractivity contribution in [2.24, 2.45) is 0 Å². The number of carbonyl (C=O) groups is 1. The van der Waals surface area contributed by atoms with Crippen LogP contribution in [0.5, 0.6) is 0 Å². The Kier molecular flexibility index (Phi) is 7.12. The molecule has 1 amide bonds. The number of hydrogen-bond acceptors (Lipinski definition) is 7. The Hall–Kier alpha value is -2.83. The Morgan fingerprint density at radius 3 is 2.78 bits per heavy atom. The summed E-state index contributed by atoms with van der Waals surface area (Å²) in [5, 5.41) is 25.9. The van der Waals surface area contributed by atoms with E-state index in [1.54, 1.807) is 11.3 Å². The SMILES string of the molecule is CCn1c(CNc2ccc(C)cc2)nnc1SCC(=O)Nc1sc2c(c1C#N)CCCC2. The second-order valence-corrected chi connectivity index (χ2v) is 9.77. The number of fused-ring (bicyclic) bond motifs is 1. The topological polar surface area (TPSA) is 95.6 Å². The van der Waals surface area contributed by atoms with Crippen molar-refractivity contribution < 1.29 is 4.79 Å². The van der Waals surface area contributed by atoms with Crippen molar-refractivity contribution in [2.45, 2.75) is 57.8 Å². The van der Waals surface area contributed by atoms with E-state index in [2.05, 4.69) is 46.0 Å². The normalized spacial score (nSPS) is 12.8. The molecular weight excluding hydrogens is 440 g/mol. The molecule has 166 valence electrons. The maximum Gasteiger partial charge on any atom is 0.235 e. The molecule has 0 spiro atoms. The van der Waals surface area contributed by atoms with Gasteiger partial charge in [-0.3, -0.25) is 4.79 Å². The van der Waals surface area contributed by atoms with Crippen molar-refractivity contribution >= 4 is 39.7 Å². The van der Waals surface area contributed by atoms with Gasteiger partial charge in [0.15, 0.2) is 11.0 Å². The third-order valence-corrected chi connectivity index (χ3v) is 7.65. The van der Waals surface area contributed by atoms with Crippen LogP contribution in [-0.4, -0.2) is 26.4 Å². The highest BCUT2D eigenvalue weighted by atomic mass is 32.2. The van der Waals surface area contributed by atoms with E-state index in [1.807, 2.05) is 23.6 Å². The highest BCUT2D eigenvalue weighted by molar-refractivity contribution is 7.99. The van der Waals surface area contributed by atoms with Gasteiger partial charge in [-0.1, -0.05) is 29.5 Å². The minimum Gasteiger partial charge on any atom is -0.378 e. The molecule has 0 fully saturated rings. The molecule has 0 saturated heterocycles. The molecule has 0 aliphatic heterocycles. The molecule has 1 aromatic carbocycles. The Morgan fingerprint density at radius 1 is 1.25 bits per heavy atom. The summed E-state index contributed by atoms with van der Waals surface area (Å²) in [6, 6.07) is 10.5. The zero-order chi connectivity index (χ0) is 22.5. The lowest BCUT2D eigenvalue weighted by molar-refractivity contribution is -0.113. The maximum atomic E-state index is 12.6. The molecule has 1 aliphatic carbocycles. The van der Waals surface area contributed by atoms with Crippen LogP contribution in [0.15, 0.2) is 29.4 Å². The molecule has 0 atom stereocenters. The fourth-order valence-corrected chi connectivity index (χ4v) is 5.87. The van der Waals surface area contributed by atoms with Crippen LogP contribution in [0.2, 0.25) is 0 Å². The lowest BCUT2D eigenvalue weighted by Crippen LogP contribution is -2.15. The summed E-state index contributed by atoms with van der Waals surface area (Å²) in [5.74, 6) is 0.917. The third kappa shape index (κ3) is 4.97. The van der Waals surface area contributed by atoms with Gasteiger partial charge in [0, 0.05) is 17.1 Å². The van der Waals surface area contributed by atoms with Gasteiger partial charge < -0.3 is 15.2 Å². The van der Waals surface area contributed by atoms with Gasteiger partial charge in [-0.2, -0.15) is 5.26 Å². The molecule has 7 nitrogen and oxygen atoms in total. The lowest BCUT2D eigenvalue weighted by Gasteiger charge is -2.09. The molecule has 0 bridgehead atoms. The fraction of sp³-hybridized carbons (Fsp3) is 0.391. The van der Waals surface area contributed by atoms with Crippen LogP contribution in [0.4, 0.5) is 10.7 Å². The third-order valence-electron chi connectivity index (χ3n) is 5.48. The Morgan fingerprint density at radius 2 is 2.03 bits per heavy atom. The number of carbonyl (C=O) groups excluding carboxylic acids is 1. The summed E-state index contributed by atoms with van der Waals surface area (Å²) < 4.78 is 2.02. The van der Waals surface area contributed by atoms with E-state index >= 15 is 0 Å². The van der Waals surface area contributed by atoms with Crippen LogP contribution >= 0.6 is 23.1 Å². The molecule has 3 aromatic rings. The van der Waals surface area contributed by atoms with Crippen molar-refractivity contribution in [1.29, 1.82) is 5.26 Å². The van der Waals surface area contributed by atoms with Gasteiger partial charge in [0.05, 0.1) is 17.9 Å². The number of thiophene rings is 1. The largest absolute Gasteiger partial charge is 0.378 e. The van der Waals surface area contributed by atoms with Gasteiger partial charge in [0.25, 0.3) is 0 Å². The predicted molar refractivity (Wildman–Crippen MR) is 129 cm³/mol. The van der Waals surface area contributed by atoms with Gasteiger partial charge in [0.2, 0.25) is 5.91 Å². The summed E-state index contributed by atoms with van der Waals surface area (Å²) in [7, 11) is 0. The highest BCUT2D eigenvalue weighted by Crippen LogP contribution is 2.37. The summed E-state index contributed by atoms with van der Waals surface area (Å²) >= 11 is 2.91. The Balaban J connectivity index is 1.36. The molecule has 0 radical (unpaired) electrons. The number of rotatable bonds is 8. The minimum atomic E-state index is -0.130. The quantitative estimate of drug-likeness (QED) is 0.465. The zero-order valence-corrected chi connectivity index (χ0v) is 19.9. The first-order valence-corrected chi connectivity index (χ1v) is 12.6. The van der Waals surface area contributed by atoms with Crippen LogP contribution in [0, 0.1) is 18.3 Å². The molecular formula is C23H26N6OS2. The smallest absolute Gasteiger partial charge is 0.235 e. The molecule has 0 unspecified atom stereocenters. The molecule has 32 heavy (non-hydrogen) atoms. The zero-order valence-electron chi connectivity index (χ0n) is 18.3. The number of nitrogens with zero attached hydrogens (tertiary/aromatic N) is 4. The first-order chi connectivity index (χ1) is 15.6. The van der Waals surface area contributed by atoms with E-state index in [1.165, 1.54) is 22.2 Å². The molecule has 1 aliphatic rings. The predicted octanol–water partition coefficient (Wildman–Crippen LogP) is 4.76. The standard InChI is InChI=1S/C23H26N6OS2/c1-3-29-20(13-25-16-10-8-15(2)9-11-16)27-28-23(29)31-14-21(30)26-22-18(12-24)17-6-4-5-7-19(17)32-22/h8-11,25H,3-7,13-14H2,1-2H3,(H,26,30). The summed E-state index contributed by atoms with van der Waals surface area (Å²) in [6.45, 7) is 5.38. The van der Waals surface area contributed by atoms with Crippen LogP contribution in [0.3, 0.4) is 0 Å². The van der Waals surface area contributed by atoms with Crippen molar-refractivity contribution in [2.75, 3.05) is 16.4 Å².